The summed E-state index contributed by atoms with van der Waals surface area (Å²) in [6.45, 7) is 1.32. The van der Waals surface area contributed by atoms with Crippen LogP contribution >= 0.6 is 0 Å². The molecule has 2 rings (SSSR count). The van der Waals surface area contributed by atoms with Gasteiger partial charge < -0.3 is 5.32 Å². The van der Waals surface area contributed by atoms with Gasteiger partial charge in [0.15, 0.2) is 0 Å². The van der Waals surface area contributed by atoms with Gasteiger partial charge in [-0.1, -0.05) is 18.9 Å². The van der Waals surface area contributed by atoms with Crippen molar-refractivity contribution in [3.8, 4) is 0 Å². The topological polar surface area (TPSA) is 48.5 Å². The Morgan fingerprint density at radius 2 is 1.91 bits per heavy atom. The number of nitrogens with zero attached hydrogens (tertiary/aromatic N) is 3. The number of rotatable bonds is 6. The second-order valence-corrected chi connectivity index (χ2v) is 6.24. The molecule has 0 bridgehead atoms. The molecule has 1 saturated carbocycles. The van der Waals surface area contributed by atoms with Crippen LogP contribution in [-0.4, -0.2) is 60.5 Å². The molecule has 0 saturated heterocycles. The number of hydrogen-bond acceptors (Lipinski definition) is 4. The maximum atomic E-state index is 11.7. The molecule has 2 unspecified atom stereocenters. The summed E-state index contributed by atoms with van der Waals surface area (Å²) in [4.78, 5) is 20.7. The van der Waals surface area contributed by atoms with Gasteiger partial charge in [0.2, 0.25) is 5.91 Å². The first-order valence-electron chi connectivity index (χ1n) is 8.12. The van der Waals surface area contributed by atoms with Crippen LogP contribution in [0.3, 0.4) is 0 Å². The Kier molecular flexibility index (Phi) is 6.34. The number of hydrogen-bond donors (Lipinski definition) is 1. The van der Waals surface area contributed by atoms with Gasteiger partial charge in [-0.15, -0.1) is 0 Å². The molecule has 1 amide bonds. The highest BCUT2D eigenvalue weighted by molar-refractivity contribution is 5.77. The molecule has 1 N–H and O–H groups in total. The van der Waals surface area contributed by atoms with Crippen molar-refractivity contribution in [2.75, 3.05) is 27.7 Å². The van der Waals surface area contributed by atoms with Crippen LogP contribution in [0.25, 0.3) is 0 Å². The lowest BCUT2D eigenvalue weighted by molar-refractivity contribution is -0.122. The quantitative estimate of drug-likeness (QED) is 0.865. The van der Waals surface area contributed by atoms with E-state index in [0.29, 0.717) is 18.6 Å². The lowest BCUT2D eigenvalue weighted by Crippen LogP contribution is -2.52. The Bertz CT molecular complexity index is 465. The maximum Gasteiger partial charge on any atom is 0.233 e. The van der Waals surface area contributed by atoms with Crippen LogP contribution in [0, 0.1) is 0 Å². The molecule has 5 nitrogen and oxygen atoms in total. The zero-order valence-electron chi connectivity index (χ0n) is 14.0. The number of amides is 1. The molecule has 0 aliphatic heterocycles. The predicted molar refractivity (Wildman–Crippen MR) is 88.4 cm³/mol. The Labute approximate surface area is 133 Å². The molecule has 1 heterocycles. The van der Waals surface area contributed by atoms with Crippen LogP contribution in [0.2, 0.25) is 0 Å². The number of carbonyl (C=O) groups is 1. The maximum absolute atomic E-state index is 11.7. The molecule has 0 radical (unpaired) electrons. The molecule has 22 heavy (non-hydrogen) atoms. The van der Waals surface area contributed by atoms with Crippen molar-refractivity contribution >= 4 is 5.91 Å². The third-order valence-electron chi connectivity index (χ3n) is 4.64. The van der Waals surface area contributed by atoms with E-state index in [1.807, 2.05) is 18.3 Å². The first kappa shape index (κ1) is 16.9. The highest BCUT2D eigenvalue weighted by Crippen LogP contribution is 2.26. The molecule has 1 fully saturated rings. The van der Waals surface area contributed by atoms with E-state index in [-0.39, 0.29) is 5.91 Å². The lowest BCUT2D eigenvalue weighted by Gasteiger charge is -2.42. The van der Waals surface area contributed by atoms with Gasteiger partial charge in [0.1, 0.15) is 0 Å². The fourth-order valence-electron chi connectivity index (χ4n) is 3.41. The van der Waals surface area contributed by atoms with Crippen molar-refractivity contribution in [3.05, 3.63) is 30.1 Å². The molecular weight excluding hydrogens is 276 g/mol. The van der Waals surface area contributed by atoms with Crippen LogP contribution in [0.15, 0.2) is 24.4 Å². The van der Waals surface area contributed by atoms with E-state index in [1.165, 1.54) is 19.3 Å². The first-order chi connectivity index (χ1) is 10.6. The van der Waals surface area contributed by atoms with Crippen molar-refractivity contribution < 1.29 is 4.79 Å². The second kappa shape index (κ2) is 8.25. The van der Waals surface area contributed by atoms with Gasteiger partial charge in [-0.25, -0.2) is 0 Å². The van der Waals surface area contributed by atoms with Crippen molar-refractivity contribution in [2.24, 2.45) is 0 Å². The zero-order valence-corrected chi connectivity index (χ0v) is 14.0. The molecule has 0 aromatic carbocycles. The van der Waals surface area contributed by atoms with E-state index in [2.05, 4.69) is 40.3 Å². The van der Waals surface area contributed by atoms with Crippen molar-refractivity contribution in [1.82, 2.24) is 20.1 Å². The van der Waals surface area contributed by atoms with Gasteiger partial charge in [-0.05, 0) is 39.1 Å². The minimum atomic E-state index is 0.0826. The number of pyridine rings is 1. The summed E-state index contributed by atoms with van der Waals surface area (Å²) in [7, 11) is 5.93. The summed E-state index contributed by atoms with van der Waals surface area (Å²) in [6.07, 6.45) is 6.70. The molecular formula is C17H28N4O. The van der Waals surface area contributed by atoms with E-state index < -0.39 is 0 Å². The van der Waals surface area contributed by atoms with Crippen LogP contribution in [-0.2, 0) is 11.3 Å². The number of aromatic nitrogens is 1. The Morgan fingerprint density at radius 1 is 1.23 bits per heavy atom. The fourth-order valence-corrected chi connectivity index (χ4v) is 3.41. The lowest BCUT2D eigenvalue weighted by atomic mass is 9.88. The SMILES string of the molecule is CNC(=O)CN(C)C1CCCCC1N(C)Cc1ccccn1. The van der Waals surface area contributed by atoms with E-state index in [1.54, 1.807) is 7.05 Å². The number of likely N-dealkylation sites (N-methyl/N-ethyl adjacent to an activating group) is 3. The molecule has 1 aliphatic carbocycles. The normalized spacial score (nSPS) is 22.0. The first-order valence-corrected chi connectivity index (χ1v) is 8.12. The average Bonchev–Trinajstić information content (AvgIpc) is 2.55. The van der Waals surface area contributed by atoms with E-state index in [4.69, 9.17) is 0 Å². The van der Waals surface area contributed by atoms with E-state index in [0.717, 1.165) is 18.7 Å². The van der Waals surface area contributed by atoms with Crippen LogP contribution in [0.1, 0.15) is 31.4 Å². The molecule has 1 aromatic heterocycles. The summed E-state index contributed by atoms with van der Waals surface area (Å²) in [6, 6.07) is 6.96. The van der Waals surface area contributed by atoms with Gasteiger partial charge in [0, 0.05) is 31.9 Å². The third kappa shape index (κ3) is 4.52. The number of nitrogens with one attached hydrogen (secondary N) is 1. The highest BCUT2D eigenvalue weighted by Gasteiger charge is 2.31. The summed E-state index contributed by atoms with van der Waals surface area (Å²) >= 11 is 0. The van der Waals surface area contributed by atoms with Gasteiger partial charge in [-0.3, -0.25) is 19.6 Å². The molecule has 0 spiro atoms. The van der Waals surface area contributed by atoms with Gasteiger partial charge in [-0.2, -0.15) is 0 Å². The van der Waals surface area contributed by atoms with E-state index in [9.17, 15) is 4.79 Å². The standard InChI is InChI=1S/C17H28N4O/c1-18-17(22)13-21(3)16-10-5-4-9-15(16)20(2)12-14-8-6-7-11-19-14/h6-8,11,15-16H,4-5,9-10,12-13H2,1-3H3,(H,18,22). The Hall–Kier alpha value is -1.46. The van der Waals surface area contributed by atoms with Crippen LogP contribution < -0.4 is 5.32 Å². The Morgan fingerprint density at radius 3 is 2.50 bits per heavy atom. The Balaban J connectivity index is 2.00. The minimum absolute atomic E-state index is 0.0826. The number of carbonyl (C=O) groups excluding carboxylic acids is 1. The zero-order chi connectivity index (χ0) is 15.9. The largest absolute Gasteiger partial charge is 0.358 e. The third-order valence-corrected chi connectivity index (χ3v) is 4.64. The van der Waals surface area contributed by atoms with Crippen LogP contribution in [0.5, 0.6) is 0 Å². The molecule has 122 valence electrons. The van der Waals surface area contributed by atoms with Gasteiger partial charge >= 0.3 is 0 Å². The summed E-state index contributed by atoms with van der Waals surface area (Å²) in [5, 5.41) is 2.71. The summed E-state index contributed by atoms with van der Waals surface area (Å²) < 4.78 is 0. The predicted octanol–water partition coefficient (Wildman–Crippen LogP) is 1.50. The smallest absolute Gasteiger partial charge is 0.233 e. The molecule has 1 aromatic rings. The van der Waals surface area contributed by atoms with E-state index >= 15 is 0 Å². The second-order valence-electron chi connectivity index (χ2n) is 6.24. The minimum Gasteiger partial charge on any atom is -0.358 e. The molecule has 5 heteroatoms. The fraction of sp³-hybridized carbons (Fsp3) is 0.647. The summed E-state index contributed by atoms with van der Waals surface area (Å²) in [5.41, 5.74) is 1.10. The molecule has 1 aliphatic rings. The monoisotopic (exact) mass is 304 g/mol. The van der Waals surface area contributed by atoms with Crippen molar-refractivity contribution in [3.63, 3.8) is 0 Å². The average molecular weight is 304 g/mol. The highest BCUT2D eigenvalue weighted by atomic mass is 16.1. The van der Waals surface area contributed by atoms with Crippen molar-refractivity contribution in [1.29, 1.82) is 0 Å². The molecule has 2 atom stereocenters. The van der Waals surface area contributed by atoms with Gasteiger partial charge in [0.05, 0.1) is 12.2 Å². The van der Waals surface area contributed by atoms with Gasteiger partial charge in [0.25, 0.3) is 0 Å². The van der Waals surface area contributed by atoms with Crippen LogP contribution in [0.4, 0.5) is 0 Å². The summed E-state index contributed by atoms with van der Waals surface area (Å²) in [5.74, 6) is 0.0826. The van der Waals surface area contributed by atoms with Crippen molar-refractivity contribution in [2.45, 2.75) is 44.3 Å².